The Kier molecular flexibility index (Phi) is 2.62. The highest BCUT2D eigenvalue weighted by Gasteiger charge is 2.10. The molecular weight excluding hydrogens is 112 g/mol. The van der Waals surface area contributed by atoms with Crippen molar-refractivity contribution in [3.63, 3.8) is 0 Å². The number of methoxy groups -OCH3 is 1. The molecule has 1 saturated carbocycles. The van der Waals surface area contributed by atoms with Crippen molar-refractivity contribution >= 4 is 0 Å². The van der Waals surface area contributed by atoms with Crippen molar-refractivity contribution in [1.29, 1.82) is 0 Å². The van der Waals surface area contributed by atoms with Crippen molar-refractivity contribution in [2.45, 2.75) is 25.7 Å². The van der Waals surface area contributed by atoms with E-state index in [-0.39, 0.29) is 0 Å². The van der Waals surface area contributed by atoms with Gasteiger partial charge in [0.25, 0.3) is 0 Å². The lowest BCUT2D eigenvalue weighted by atomic mass is 10.1. The third-order valence-electron chi connectivity index (χ3n) is 1.89. The predicted octanol–water partition coefficient (Wildman–Crippen LogP) is 2.34. The van der Waals surface area contributed by atoms with E-state index < -0.39 is 0 Å². The van der Waals surface area contributed by atoms with Gasteiger partial charge in [-0.1, -0.05) is 12.8 Å². The summed E-state index contributed by atoms with van der Waals surface area (Å²) in [6, 6.07) is 0. The largest absolute Gasteiger partial charge is 0.505 e. The molecule has 0 unspecified atom stereocenters. The summed E-state index contributed by atoms with van der Waals surface area (Å²) in [4.78, 5) is 0. The Labute approximate surface area is 56.7 Å². The first-order chi connectivity index (χ1) is 4.43. The van der Waals surface area contributed by atoms with Crippen LogP contribution in [0.5, 0.6) is 0 Å². The van der Waals surface area contributed by atoms with E-state index in [9.17, 15) is 0 Å². The number of hydrogen-bond acceptors (Lipinski definition) is 1. The maximum atomic E-state index is 4.82. The molecule has 1 rings (SSSR count). The highest BCUT2D eigenvalue weighted by molar-refractivity contribution is 4.85. The molecule has 0 heterocycles. The van der Waals surface area contributed by atoms with Gasteiger partial charge in [-0.05, 0) is 24.8 Å². The summed E-state index contributed by atoms with van der Waals surface area (Å²) in [5.41, 5.74) is 0. The van der Waals surface area contributed by atoms with Crippen LogP contribution in [0.4, 0.5) is 0 Å². The van der Waals surface area contributed by atoms with Gasteiger partial charge in [0.1, 0.15) is 0 Å². The zero-order valence-electron chi connectivity index (χ0n) is 5.97. The predicted molar refractivity (Wildman–Crippen MR) is 38.1 cm³/mol. The summed E-state index contributed by atoms with van der Waals surface area (Å²) in [5.74, 6) is 0.810. The van der Waals surface area contributed by atoms with Gasteiger partial charge in [-0.3, -0.25) is 0 Å². The van der Waals surface area contributed by atoms with Crippen LogP contribution in [0.15, 0.2) is 12.3 Å². The van der Waals surface area contributed by atoms with Crippen LogP contribution in [0.2, 0.25) is 0 Å². The second-order valence-electron chi connectivity index (χ2n) is 2.61. The summed E-state index contributed by atoms with van der Waals surface area (Å²) in [7, 11) is 1.70. The fourth-order valence-electron chi connectivity index (χ4n) is 1.34. The highest BCUT2D eigenvalue weighted by atomic mass is 16.5. The zero-order chi connectivity index (χ0) is 6.53. The van der Waals surface area contributed by atoms with Crippen LogP contribution in [0, 0.1) is 5.92 Å². The maximum absolute atomic E-state index is 4.82. The Bertz CT molecular complexity index is 90.7. The van der Waals surface area contributed by atoms with Gasteiger partial charge in [0, 0.05) is 0 Å². The van der Waals surface area contributed by atoms with Crippen LogP contribution in [-0.4, -0.2) is 7.11 Å². The van der Waals surface area contributed by atoms with Gasteiger partial charge in [-0.25, -0.2) is 0 Å². The highest BCUT2D eigenvalue weighted by Crippen LogP contribution is 2.25. The summed E-state index contributed by atoms with van der Waals surface area (Å²) < 4.78 is 4.82. The molecule has 0 N–H and O–H groups in total. The molecule has 0 amide bonds. The molecule has 52 valence electrons. The average molecular weight is 126 g/mol. The van der Waals surface area contributed by atoms with Gasteiger partial charge in [0.2, 0.25) is 0 Å². The number of allylic oxidation sites excluding steroid dienone is 1. The molecule has 0 spiro atoms. The second kappa shape index (κ2) is 3.54. The lowest BCUT2D eigenvalue weighted by Crippen LogP contribution is -1.85. The fourth-order valence-corrected chi connectivity index (χ4v) is 1.34. The Morgan fingerprint density at radius 2 is 2.00 bits per heavy atom. The monoisotopic (exact) mass is 126 g/mol. The second-order valence-corrected chi connectivity index (χ2v) is 2.61. The van der Waals surface area contributed by atoms with Crippen LogP contribution in [0.25, 0.3) is 0 Å². The van der Waals surface area contributed by atoms with Crippen molar-refractivity contribution in [1.82, 2.24) is 0 Å². The van der Waals surface area contributed by atoms with Crippen LogP contribution in [-0.2, 0) is 4.74 Å². The van der Waals surface area contributed by atoms with Crippen molar-refractivity contribution in [3.05, 3.63) is 12.3 Å². The molecule has 1 aliphatic carbocycles. The Morgan fingerprint density at radius 1 is 1.33 bits per heavy atom. The molecule has 1 aliphatic rings. The molecule has 0 aromatic rings. The molecule has 1 nitrogen and oxygen atoms in total. The SMILES string of the molecule is CO/C=C/C1CCCC1. The van der Waals surface area contributed by atoms with Crippen LogP contribution in [0.3, 0.4) is 0 Å². The minimum Gasteiger partial charge on any atom is -0.505 e. The molecule has 0 saturated heterocycles. The third kappa shape index (κ3) is 2.08. The first-order valence-electron chi connectivity index (χ1n) is 3.63. The molecule has 0 radical (unpaired) electrons. The van der Waals surface area contributed by atoms with Crippen LogP contribution in [0.1, 0.15) is 25.7 Å². The summed E-state index contributed by atoms with van der Waals surface area (Å²) >= 11 is 0. The summed E-state index contributed by atoms with van der Waals surface area (Å²) in [6.45, 7) is 0. The normalized spacial score (nSPS) is 21.4. The minimum atomic E-state index is 0.810. The van der Waals surface area contributed by atoms with Crippen molar-refractivity contribution in [2.24, 2.45) is 5.92 Å². The quantitative estimate of drug-likeness (QED) is 0.516. The molecule has 1 fully saturated rings. The van der Waals surface area contributed by atoms with Gasteiger partial charge in [0.05, 0.1) is 13.4 Å². The van der Waals surface area contributed by atoms with E-state index in [2.05, 4.69) is 6.08 Å². The van der Waals surface area contributed by atoms with Gasteiger partial charge in [-0.2, -0.15) is 0 Å². The lowest BCUT2D eigenvalue weighted by molar-refractivity contribution is 0.333. The number of ether oxygens (including phenoxy) is 1. The first kappa shape index (κ1) is 6.66. The van der Waals surface area contributed by atoms with E-state index in [1.165, 1.54) is 25.7 Å². The Balaban J connectivity index is 2.18. The van der Waals surface area contributed by atoms with Crippen molar-refractivity contribution in [2.75, 3.05) is 7.11 Å². The van der Waals surface area contributed by atoms with Gasteiger partial charge < -0.3 is 4.74 Å². The topological polar surface area (TPSA) is 9.23 Å². The number of hydrogen-bond donors (Lipinski definition) is 0. The van der Waals surface area contributed by atoms with Gasteiger partial charge in [0.15, 0.2) is 0 Å². The number of rotatable bonds is 2. The van der Waals surface area contributed by atoms with Crippen LogP contribution < -0.4 is 0 Å². The lowest BCUT2D eigenvalue weighted by Gasteiger charge is -1.97. The molecule has 0 aromatic carbocycles. The summed E-state index contributed by atoms with van der Waals surface area (Å²) in [6.07, 6.45) is 9.50. The smallest absolute Gasteiger partial charge is 0.0787 e. The van der Waals surface area contributed by atoms with Gasteiger partial charge >= 0.3 is 0 Å². The molecule has 0 atom stereocenters. The zero-order valence-corrected chi connectivity index (χ0v) is 5.97. The van der Waals surface area contributed by atoms with E-state index in [0.717, 1.165) is 5.92 Å². The molecule has 1 heteroatoms. The van der Waals surface area contributed by atoms with Gasteiger partial charge in [-0.15, -0.1) is 0 Å². The Hall–Kier alpha value is -0.460. The standard InChI is InChI=1S/C8H14O/c1-9-7-6-8-4-2-3-5-8/h6-8H,2-5H2,1H3/b7-6+. The Morgan fingerprint density at radius 3 is 2.56 bits per heavy atom. The fraction of sp³-hybridized carbons (Fsp3) is 0.750. The molecule has 9 heavy (non-hydrogen) atoms. The third-order valence-corrected chi connectivity index (χ3v) is 1.89. The van der Waals surface area contributed by atoms with Crippen LogP contribution >= 0.6 is 0 Å². The van der Waals surface area contributed by atoms with E-state index >= 15 is 0 Å². The minimum absolute atomic E-state index is 0.810. The summed E-state index contributed by atoms with van der Waals surface area (Å²) in [5, 5.41) is 0. The van der Waals surface area contributed by atoms with E-state index in [4.69, 9.17) is 4.74 Å². The maximum Gasteiger partial charge on any atom is 0.0787 e. The average Bonchev–Trinajstić information content (AvgIpc) is 2.34. The molecule has 0 aliphatic heterocycles. The van der Waals surface area contributed by atoms with Crippen molar-refractivity contribution in [3.8, 4) is 0 Å². The van der Waals surface area contributed by atoms with E-state index in [1.807, 2.05) is 0 Å². The molecular formula is C8H14O. The molecule has 0 aromatic heterocycles. The first-order valence-corrected chi connectivity index (χ1v) is 3.63. The molecule has 0 bridgehead atoms. The van der Waals surface area contributed by atoms with E-state index in [1.54, 1.807) is 13.4 Å². The van der Waals surface area contributed by atoms with E-state index in [0.29, 0.717) is 0 Å². The van der Waals surface area contributed by atoms with Crippen molar-refractivity contribution < 1.29 is 4.74 Å².